The van der Waals surface area contributed by atoms with Gasteiger partial charge in [-0.1, -0.05) is 35.9 Å². The molecule has 6 heteroatoms. The van der Waals surface area contributed by atoms with Gasteiger partial charge in [0.15, 0.2) is 0 Å². The van der Waals surface area contributed by atoms with Crippen molar-refractivity contribution in [2.45, 2.75) is 25.4 Å². The Morgan fingerprint density at radius 1 is 0.926 bits per heavy atom. The van der Waals surface area contributed by atoms with Crippen LogP contribution >= 0.6 is 11.6 Å². The van der Waals surface area contributed by atoms with Gasteiger partial charge in [0.05, 0.1) is 17.6 Å². The minimum Gasteiger partial charge on any atom is -0.274 e. The molecule has 0 saturated carbocycles. The topological polar surface area (TPSA) is 43.9 Å². The van der Waals surface area contributed by atoms with Crippen molar-refractivity contribution < 1.29 is 9.59 Å². The molecular weight excluding hydrogens is 362 g/mol. The molecule has 0 bridgehead atoms. The molecule has 2 aromatic rings. The summed E-state index contributed by atoms with van der Waals surface area (Å²) in [5, 5.41) is 4.99. The van der Waals surface area contributed by atoms with E-state index in [1.807, 2.05) is 55.5 Å². The number of anilines is 1. The van der Waals surface area contributed by atoms with E-state index in [1.54, 1.807) is 0 Å². The van der Waals surface area contributed by atoms with Crippen LogP contribution in [0.1, 0.15) is 23.6 Å². The lowest BCUT2D eigenvalue weighted by Crippen LogP contribution is -2.44. The molecule has 0 aliphatic carbocycles. The number of amides is 2. The van der Waals surface area contributed by atoms with E-state index in [-0.39, 0.29) is 23.8 Å². The molecule has 3 saturated heterocycles. The number of halogens is 1. The molecule has 5 nitrogen and oxygen atoms in total. The molecule has 27 heavy (non-hydrogen) atoms. The van der Waals surface area contributed by atoms with E-state index in [9.17, 15) is 9.59 Å². The number of fused-ring (bicyclic) bond motifs is 3. The zero-order valence-corrected chi connectivity index (χ0v) is 15.8. The Morgan fingerprint density at radius 2 is 1.63 bits per heavy atom. The normalized spacial score (nSPS) is 28.1. The lowest BCUT2D eigenvalue weighted by Gasteiger charge is -2.29. The lowest BCUT2D eigenvalue weighted by molar-refractivity contribution is -0.126. The average Bonchev–Trinajstić information content (AvgIpc) is 3.28. The Balaban J connectivity index is 1.59. The monoisotopic (exact) mass is 381 g/mol. The molecule has 0 unspecified atom stereocenters. The van der Waals surface area contributed by atoms with Crippen molar-refractivity contribution in [2.24, 2.45) is 5.92 Å². The van der Waals surface area contributed by atoms with Crippen molar-refractivity contribution in [3.05, 3.63) is 64.7 Å². The smallest absolute Gasteiger partial charge is 0.253 e. The van der Waals surface area contributed by atoms with Crippen LogP contribution in [-0.2, 0) is 9.59 Å². The molecular formula is C21H20ClN3O2. The molecule has 3 heterocycles. The maximum Gasteiger partial charge on any atom is 0.253 e. The van der Waals surface area contributed by atoms with Crippen LogP contribution in [0.15, 0.2) is 48.5 Å². The summed E-state index contributed by atoms with van der Waals surface area (Å²) in [6.07, 6.45) is 0.999. The fourth-order valence-corrected chi connectivity index (χ4v) is 4.92. The lowest BCUT2D eigenvalue weighted by atomic mass is 9.90. The highest BCUT2D eigenvalue weighted by Crippen LogP contribution is 2.49. The first kappa shape index (κ1) is 16.9. The third-order valence-corrected chi connectivity index (χ3v) is 6.13. The zero-order valence-electron chi connectivity index (χ0n) is 15.0. The number of nitrogens with zero attached hydrogens (tertiary/aromatic N) is 3. The maximum atomic E-state index is 13.4. The SMILES string of the molecule is Cc1cccc(N2C(=O)[C@@H]3[C@@H](c4ccc(Cl)cc4)N4CCCN4[C@H]3C2=O)c1. The number of benzene rings is 2. The van der Waals surface area contributed by atoms with E-state index in [1.165, 1.54) is 4.90 Å². The molecule has 0 aromatic heterocycles. The van der Waals surface area contributed by atoms with E-state index in [0.717, 1.165) is 30.6 Å². The fraction of sp³-hybridized carbons (Fsp3) is 0.333. The predicted octanol–water partition coefficient (Wildman–Crippen LogP) is 3.18. The van der Waals surface area contributed by atoms with E-state index < -0.39 is 6.04 Å². The number of hydrogen-bond acceptors (Lipinski definition) is 4. The first-order valence-corrected chi connectivity index (χ1v) is 9.67. The predicted molar refractivity (Wildman–Crippen MR) is 103 cm³/mol. The van der Waals surface area contributed by atoms with E-state index >= 15 is 0 Å². The number of hydrogen-bond donors (Lipinski definition) is 0. The Hall–Kier alpha value is -2.21. The largest absolute Gasteiger partial charge is 0.274 e. The molecule has 3 atom stereocenters. The summed E-state index contributed by atoms with van der Waals surface area (Å²) >= 11 is 6.06. The molecule has 5 rings (SSSR count). The number of imide groups is 1. The van der Waals surface area contributed by atoms with Gasteiger partial charge in [0.1, 0.15) is 6.04 Å². The highest BCUT2D eigenvalue weighted by atomic mass is 35.5. The maximum absolute atomic E-state index is 13.4. The third-order valence-electron chi connectivity index (χ3n) is 5.88. The second-order valence-electron chi connectivity index (χ2n) is 7.50. The first-order valence-electron chi connectivity index (χ1n) is 9.29. The van der Waals surface area contributed by atoms with Crippen LogP contribution in [0.3, 0.4) is 0 Å². The van der Waals surface area contributed by atoms with Crippen molar-refractivity contribution in [1.29, 1.82) is 0 Å². The van der Waals surface area contributed by atoms with Crippen LogP contribution in [0.2, 0.25) is 5.02 Å². The third kappa shape index (κ3) is 2.46. The van der Waals surface area contributed by atoms with Crippen LogP contribution in [-0.4, -0.2) is 41.0 Å². The summed E-state index contributed by atoms with van der Waals surface area (Å²) in [4.78, 5) is 28.1. The second kappa shape index (κ2) is 6.16. The summed E-state index contributed by atoms with van der Waals surface area (Å²) in [5.74, 6) is -0.608. The highest BCUT2D eigenvalue weighted by molar-refractivity contribution is 6.30. The highest BCUT2D eigenvalue weighted by Gasteiger charge is 2.62. The quantitative estimate of drug-likeness (QED) is 0.749. The number of carbonyl (C=O) groups excluding carboxylic acids is 2. The van der Waals surface area contributed by atoms with Gasteiger partial charge in [-0.3, -0.25) is 9.59 Å². The van der Waals surface area contributed by atoms with Gasteiger partial charge < -0.3 is 0 Å². The Bertz CT molecular complexity index is 929. The number of rotatable bonds is 2. The molecule has 2 aromatic carbocycles. The summed E-state index contributed by atoms with van der Waals surface area (Å²) < 4.78 is 0. The Kier molecular flexibility index (Phi) is 3.86. The van der Waals surface area contributed by atoms with E-state index in [4.69, 9.17) is 11.6 Å². The number of carbonyl (C=O) groups is 2. The van der Waals surface area contributed by atoms with Gasteiger partial charge in [-0.2, -0.15) is 0 Å². The Labute approximate surface area is 163 Å². The van der Waals surface area contributed by atoms with E-state index in [0.29, 0.717) is 10.7 Å². The van der Waals surface area contributed by atoms with Crippen LogP contribution in [0, 0.1) is 12.8 Å². The molecule has 0 N–H and O–H groups in total. The fourth-order valence-electron chi connectivity index (χ4n) is 4.79. The van der Waals surface area contributed by atoms with Gasteiger partial charge in [0, 0.05) is 18.1 Å². The standard InChI is InChI=1S/C21H20ClN3O2/c1-13-4-2-5-16(12-13)25-20(26)17-18(14-6-8-15(22)9-7-14)23-10-3-11-24(23)19(17)21(25)27/h2,4-9,12,17-19H,3,10-11H2,1H3/t17-,18-,19-/m1/s1. The van der Waals surface area contributed by atoms with Crippen LogP contribution < -0.4 is 4.90 Å². The van der Waals surface area contributed by atoms with Crippen LogP contribution in [0.5, 0.6) is 0 Å². The molecule has 0 spiro atoms. The second-order valence-corrected chi connectivity index (χ2v) is 7.93. The molecule has 2 amide bonds. The van der Waals surface area contributed by atoms with Gasteiger partial charge in [0.2, 0.25) is 5.91 Å². The van der Waals surface area contributed by atoms with Gasteiger partial charge in [-0.25, -0.2) is 14.9 Å². The molecule has 0 radical (unpaired) electrons. The van der Waals surface area contributed by atoms with Crippen LogP contribution in [0.4, 0.5) is 5.69 Å². The van der Waals surface area contributed by atoms with Crippen molar-refractivity contribution in [3.63, 3.8) is 0 Å². The minimum absolute atomic E-state index is 0.107. The molecule has 3 aliphatic heterocycles. The van der Waals surface area contributed by atoms with Crippen molar-refractivity contribution in [2.75, 3.05) is 18.0 Å². The molecule has 3 aliphatic rings. The van der Waals surface area contributed by atoms with Gasteiger partial charge in [-0.15, -0.1) is 0 Å². The average molecular weight is 382 g/mol. The first-order chi connectivity index (χ1) is 13.1. The van der Waals surface area contributed by atoms with Gasteiger partial charge in [-0.05, 0) is 48.7 Å². The molecule has 3 fully saturated rings. The zero-order chi connectivity index (χ0) is 18.7. The Morgan fingerprint density at radius 3 is 2.33 bits per heavy atom. The van der Waals surface area contributed by atoms with Gasteiger partial charge >= 0.3 is 0 Å². The van der Waals surface area contributed by atoms with Gasteiger partial charge in [0.25, 0.3) is 5.91 Å². The number of hydrazine groups is 1. The summed E-state index contributed by atoms with van der Waals surface area (Å²) in [7, 11) is 0. The summed E-state index contributed by atoms with van der Waals surface area (Å²) in [5.41, 5.74) is 2.73. The van der Waals surface area contributed by atoms with Crippen LogP contribution in [0.25, 0.3) is 0 Å². The number of aryl methyl sites for hydroxylation is 1. The minimum atomic E-state index is -0.416. The summed E-state index contributed by atoms with van der Waals surface area (Å²) in [6, 6.07) is 14.7. The van der Waals surface area contributed by atoms with E-state index in [2.05, 4.69) is 10.0 Å². The summed E-state index contributed by atoms with van der Waals surface area (Å²) in [6.45, 7) is 3.64. The van der Waals surface area contributed by atoms with Crippen molar-refractivity contribution >= 4 is 29.1 Å². The van der Waals surface area contributed by atoms with Crippen molar-refractivity contribution in [3.8, 4) is 0 Å². The van der Waals surface area contributed by atoms with Crippen molar-refractivity contribution in [1.82, 2.24) is 10.0 Å². The molecule has 138 valence electrons.